The van der Waals surface area contributed by atoms with E-state index in [1.165, 1.54) is 0 Å². The fraction of sp³-hybridized carbons (Fsp3) is 0. The number of anilines is 8. The first kappa shape index (κ1) is 30.3. The highest BCUT2D eigenvalue weighted by atomic mass is 31.2. The highest BCUT2D eigenvalue weighted by Crippen LogP contribution is 2.71. The number of hydrogen-bond donors (Lipinski definition) is 0. The second-order valence-electron chi connectivity index (χ2n) is 12.2. The van der Waals surface area contributed by atoms with Crippen LogP contribution in [-0.2, 0) is 9.13 Å². The Labute approximate surface area is 292 Å². The lowest BCUT2D eigenvalue weighted by molar-refractivity contribution is 0.581. The molecule has 0 atom stereocenters. The molecule has 7 aromatic rings. The minimum absolute atomic E-state index is 0.631. The van der Waals surface area contributed by atoms with Crippen LogP contribution in [0.25, 0.3) is 0 Å². The van der Waals surface area contributed by atoms with Gasteiger partial charge in [-0.2, -0.15) is 0 Å². The molecule has 0 aliphatic carbocycles. The van der Waals surface area contributed by atoms with Gasteiger partial charge in [0.05, 0.1) is 33.4 Å². The molecule has 242 valence electrons. The van der Waals surface area contributed by atoms with Crippen LogP contribution in [-0.4, -0.2) is 0 Å². The third-order valence-electron chi connectivity index (χ3n) is 9.29. The largest absolute Gasteiger partial charge is 0.301 e. The molecule has 0 saturated carbocycles. The summed E-state index contributed by atoms with van der Waals surface area (Å²) in [5, 5.41) is 1.26. The fourth-order valence-electron chi connectivity index (χ4n) is 7.17. The Kier molecular flexibility index (Phi) is 7.24. The Bertz CT molecular complexity index is 2100. The number of rotatable bonds is 6. The maximum Gasteiger partial charge on any atom is 0.301 e. The molecule has 0 fully saturated rings. The molecule has 0 amide bonds. The van der Waals surface area contributed by atoms with E-state index < -0.39 is 14.9 Å². The van der Waals surface area contributed by atoms with Gasteiger partial charge >= 0.3 is 14.9 Å². The van der Waals surface area contributed by atoms with Crippen LogP contribution in [0, 0.1) is 0 Å². The number of benzene rings is 7. The van der Waals surface area contributed by atoms with Crippen LogP contribution in [0.15, 0.2) is 194 Å². The van der Waals surface area contributed by atoms with Crippen LogP contribution in [0.1, 0.15) is 0 Å². The molecule has 2 aliphatic heterocycles. The van der Waals surface area contributed by atoms with E-state index in [2.05, 4.69) is 0 Å². The molecule has 2 aliphatic rings. The molecule has 2 heterocycles. The zero-order chi connectivity index (χ0) is 33.7. The van der Waals surface area contributed by atoms with Crippen molar-refractivity contribution < 1.29 is 9.13 Å². The van der Waals surface area contributed by atoms with Crippen LogP contribution in [0.3, 0.4) is 0 Å². The standard InChI is InChI=1S/C42H32N4O2P2/c47-49(43(33-17-5-1-6-18-33)39-25-13-14-26-40(39)44(49)34-19-7-2-8-20-34)37-29-31-38(32-30-37)50(48)45(35-21-9-3-10-22-35)41-27-15-16-28-42(41)46(50)36-23-11-4-12-24-36/h1-32H. The van der Waals surface area contributed by atoms with E-state index in [1.807, 2.05) is 213 Å². The molecule has 0 radical (unpaired) electrons. The van der Waals surface area contributed by atoms with Gasteiger partial charge in [-0.25, -0.2) is 0 Å². The van der Waals surface area contributed by atoms with Gasteiger partial charge in [0.2, 0.25) is 0 Å². The lowest BCUT2D eigenvalue weighted by Gasteiger charge is -2.35. The Balaban J connectivity index is 1.25. The van der Waals surface area contributed by atoms with Gasteiger partial charge in [0.25, 0.3) is 0 Å². The molecule has 0 N–H and O–H groups in total. The van der Waals surface area contributed by atoms with E-state index in [4.69, 9.17) is 0 Å². The molecule has 8 heteroatoms. The van der Waals surface area contributed by atoms with Crippen LogP contribution in [0.4, 0.5) is 45.5 Å². The molecule has 9 rings (SSSR count). The van der Waals surface area contributed by atoms with Gasteiger partial charge in [-0.15, -0.1) is 0 Å². The van der Waals surface area contributed by atoms with Crippen molar-refractivity contribution in [2.75, 3.05) is 18.7 Å². The topological polar surface area (TPSA) is 47.1 Å². The molecule has 0 unspecified atom stereocenters. The van der Waals surface area contributed by atoms with Crippen LogP contribution < -0.4 is 29.3 Å². The van der Waals surface area contributed by atoms with Crippen molar-refractivity contribution in [2.45, 2.75) is 0 Å². The Morgan fingerprint density at radius 2 is 0.460 bits per heavy atom. The first-order valence-corrected chi connectivity index (χ1v) is 19.7. The minimum Gasteiger partial charge on any atom is -0.270 e. The summed E-state index contributed by atoms with van der Waals surface area (Å²) in [6.45, 7) is 0. The van der Waals surface area contributed by atoms with Crippen LogP contribution in [0.5, 0.6) is 0 Å². The quantitative estimate of drug-likeness (QED) is 0.162. The van der Waals surface area contributed by atoms with Gasteiger partial charge in [-0.1, -0.05) is 97.1 Å². The van der Waals surface area contributed by atoms with Crippen LogP contribution in [0.2, 0.25) is 0 Å². The zero-order valence-electron chi connectivity index (χ0n) is 27.0. The fourth-order valence-corrected chi connectivity index (χ4v) is 13.2. The predicted octanol–water partition coefficient (Wildman–Crippen LogP) is 11.3. The van der Waals surface area contributed by atoms with Crippen molar-refractivity contribution in [3.8, 4) is 0 Å². The number of nitrogens with zero attached hydrogens (tertiary/aromatic N) is 4. The number of hydrogen-bond acceptors (Lipinski definition) is 2. The number of fused-ring (bicyclic) bond motifs is 2. The number of para-hydroxylation sites is 8. The van der Waals surface area contributed by atoms with Gasteiger partial charge in [-0.05, 0) is 97.1 Å². The molecular weight excluding hydrogens is 654 g/mol. The molecule has 50 heavy (non-hydrogen) atoms. The van der Waals surface area contributed by atoms with Crippen molar-refractivity contribution in [1.29, 1.82) is 0 Å². The summed E-state index contributed by atoms with van der Waals surface area (Å²) in [6.07, 6.45) is 0. The van der Waals surface area contributed by atoms with Gasteiger partial charge in [0.15, 0.2) is 0 Å². The average Bonchev–Trinajstić information content (AvgIpc) is 3.62. The molecule has 0 bridgehead atoms. The zero-order valence-corrected chi connectivity index (χ0v) is 28.8. The van der Waals surface area contributed by atoms with Crippen molar-refractivity contribution in [3.63, 3.8) is 0 Å². The third-order valence-corrected chi connectivity index (χ3v) is 15.2. The van der Waals surface area contributed by atoms with Gasteiger partial charge in [0, 0.05) is 22.7 Å². The highest BCUT2D eigenvalue weighted by molar-refractivity contribution is 7.76. The van der Waals surface area contributed by atoms with Crippen molar-refractivity contribution in [1.82, 2.24) is 0 Å². The summed E-state index contributed by atoms with van der Waals surface area (Å²) in [6, 6.07) is 63.2. The maximum atomic E-state index is 16.2. The monoisotopic (exact) mass is 686 g/mol. The van der Waals surface area contributed by atoms with E-state index in [0.717, 1.165) is 45.5 Å². The van der Waals surface area contributed by atoms with E-state index >= 15 is 9.13 Å². The molecule has 6 nitrogen and oxygen atoms in total. The minimum atomic E-state index is -3.60. The van der Waals surface area contributed by atoms with E-state index in [1.54, 1.807) is 0 Å². The summed E-state index contributed by atoms with van der Waals surface area (Å²) < 4.78 is 40.2. The Hall–Kier alpha value is -5.80. The average molecular weight is 687 g/mol. The predicted molar refractivity (Wildman–Crippen MR) is 208 cm³/mol. The molecule has 0 aromatic heterocycles. The maximum absolute atomic E-state index is 16.2. The lowest BCUT2D eigenvalue weighted by atomic mass is 10.2. The normalized spacial score (nSPS) is 15.5. The van der Waals surface area contributed by atoms with E-state index in [9.17, 15) is 0 Å². The summed E-state index contributed by atoms with van der Waals surface area (Å²) in [5.41, 5.74) is 6.76. The Morgan fingerprint density at radius 1 is 0.260 bits per heavy atom. The smallest absolute Gasteiger partial charge is 0.270 e. The third kappa shape index (κ3) is 4.50. The Morgan fingerprint density at radius 3 is 0.680 bits per heavy atom. The molecule has 0 spiro atoms. The summed E-state index contributed by atoms with van der Waals surface area (Å²) in [7, 11) is -7.19. The molecule has 0 saturated heterocycles. The van der Waals surface area contributed by atoms with Crippen LogP contribution >= 0.6 is 14.9 Å². The summed E-state index contributed by atoms with van der Waals surface area (Å²) >= 11 is 0. The van der Waals surface area contributed by atoms with Gasteiger partial charge < -0.3 is 0 Å². The van der Waals surface area contributed by atoms with E-state index in [0.29, 0.717) is 10.6 Å². The second-order valence-corrected chi connectivity index (χ2v) is 17.0. The second kappa shape index (κ2) is 12.0. The summed E-state index contributed by atoms with van der Waals surface area (Å²) in [5.74, 6) is 0. The molecular formula is C42H32N4O2P2. The van der Waals surface area contributed by atoms with Gasteiger partial charge in [0.1, 0.15) is 0 Å². The van der Waals surface area contributed by atoms with Crippen molar-refractivity contribution in [3.05, 3.63) is 194 Å². The first-order valence-electron chi connectivity index (χ1n) is 16.5. The molecule has 7 aromatic carbocycles. The SMILES string of the molecule is O=P1(c2ccc(P3(=O)N(c4ccccc4)c4ccccc4N3c3ccccc3)cc2)N(c2ccccc2)c2ccccc2N1c1ccccc1. The van der Waals surface area contributed by atoms with Crippen molar-refractivity contribution >= 4 is 71.0 Å². The van der Waals surface area contributed by atoms with E-state index in [-0.39, 0.29) is 0 Å². The summed E-state index contributed by atoms with van der Waals surface area (Å²) in [4.78, 5) is 0. The van der Waals surface area contributed by atoms with Crippen molar-refractivity contribution in [2.24, 2.45) is 0 Å². The first-order chi connectivity index (χ1) is 24.6. The van der Waals surface area contributed by atoms with Gasteiger partial charge in [-0.3, -0.25) is 27.8 Å². The lowest BCUT2D eigenvalue weighted by Crippen LogP contribution is -2.29. The highest BCUT2D eigenvalue weighted by Gasteiger charge is 2.51.